The summed E-state index contributed by atoms with van der Waals surface area (Å²) in [6, 6.07) is 19.2. The first kappa shape index (κ1) is 20.5. The Labute approximate surface area is 199 Å². The number of carbonyl (C=O) groups excluding carboxylic acids is 2. The van der Waals surface area contributed by atoms with Crippen molar-refractivity contribution in [1.29, 1.82) is 0 Å². The number of nitrogens with one attached hydrogen (secondary N) is 1. The van der Waals surface area contributed by atoms with Crippen molar-refractivity contribution in [2.24, 2.45) is 0 Å². The Morgan fingerprint density at radius 3 is 2.56 bits per heavy atom. The van der Waals surface area contributed by atoms with Crippen molar-refractivity contribution in [2.75, 3.05) is 4.90 Å². The Morgan fingerprint density at radius 2 is 1.76 bits per heavy atom. The lowest BCUT2D eigenvalue weighted by Gasteiger charge is -2.36. The summed E-state index contributed by atoms with van der Waals surface area (Å²) < 4.78 is 0. The number of rotatable bonds is 3. The zero-order chi connectivity index (χ0) is 23.6. The number of imide groups is 1. The molecule has 2 atom stereocenters. The van der Waals surface area contributed by atoms with E-state index in [2.05, 4.69) is 4.98 Å². The summed E-state index contributed by atoms with van der Waals surface area (Å²) in [4.78, 5) is 45.3. The number of carboxylic acids is 1. The first-order chi connectivity index (χ1) is 16.5. The van der Waals surface area contributed by atoms with E-state index in [1.165, 1.54) is 12.1 Å². The van der Waals surface area contributed by atoms with Gasteiger partial charge in [-0.2, -0.15) is 0 Å². The highest BCUT2D eigenvalue weighted by Gasteiger charge is 2.53. The van der Waals surface area contributed by atoms with Crippen molar-refractivity contribution in [3.63, 3.8) is 0 Å². The Hall–Kier alpha value is -4.10. The van der Waals surface area contributed by atoms with Crippen molar-refractivity contribution in [3.8, 4) is 0 Å². The SMILES string of the molecule is O=C(O)c1ccccc1N1C(=O)[C@@H]2Cc3c([nH]c4ccccc34)[C@@H](c3cccc(Cl)c3)N2C1=O. The van der Waals surface area contributed by atoms with E-state index < -0.39 is 30.0 Å². The standard InChI is InChI=1S/C26H18ClN3O4/c27-15-7-5-6-14(12-15)23-22-18(16-8-1-3-10-19(16)28-22)13-21-24(31)30(26(34)29(21)23)20-11-4-2-9-17(20)25(32)33/h1-12,21,23,28H,13H2,(H,32,33)/t21-,23+/m0/s1. The molecule has 8 heteroatoms. The largest absolute Gasteiger partial charge is 0.478 e. The molecule has 2 N–H and O–H groups in total. The van der Waals surface area contributed by atoms with Gasteiger partial charge < -0.3 is 10.1 Å². The fourth-order valence-electron chi connectivity index (χ4n) is 5.17. The number of H-pyrrole nitrogens is 1. The molecule has 2 aliphatic heterocycles. The number of nitrogens with zero attached hydrogens (tertiary/aromatic N) is 2. The number of anilines is 1. The van der Waals surface area contributed by atoms with E-state index in [4.69, 9.17) is 11.6 Å². The number of fused-ring (bicyclic) bond motifs is 4. The number of halogens is 1. The Bertz CT molecular complexity index is 1510. The van der Waals surface area contributed by atoms with E-state index >= 15 is 0 Å². The maximum Gasteiger partial charge on any atom is 0.337 e. The Balaban J connectivity index is 1.56. The molecule has 7 nitrogen and oxygen atoms in total. The molecule has 3 heterocycles. The molecule has 0 aliphatic carbocycles. The van der Waals surface area contributed by atoms with Gasteiger partial charge in [-0.05, 0) is 41.5 Å². The number of hydrogen-bond donors (Lipinski definition) is 2. The van der Waals surface area contributed by atoms with Gasteiger partial charge in [0.25, 0.3) is 5.91 Å². The predicted molar refractivity (Wildman–Crippen MR) is 127 cm³/mol. The summed E-state index contributed by atoms with van der Waals surface area (Å²) in [6.45, 7) is 0. The molecule has 6 rings (SSSR count). The normalized spacial score (nSPS) is 19.4. The molecule has 3 aromatic carbocycles. The molecular weight excluding hydrogens is 454 g/mol. The molecule has 0 spiro atoms. The van der Waals surface area contributed by atoms with E-state index in [1.807, 2.05) is 36.4 Å². The second-order valence-corrected chi connectivity index (χ2v) is 8.86. The van der Waals surface area contributed by atoms with Gasteiger partial charge >= 0.3 is 12.0 Å². The van der Waals surface area contributed by atoms with Gasteiger partial charge in [-0.3, -0.25) is 9.69 Å². The van der Waals surface area contributed by atoms with Crippen molar-refractivity contribution in [2.45, 2.75) is 18.5 Å². The highest BCUT2D eigenvalue weighted by Crippen LogP contribution is 2.45. The van der Waals surface area contributed by atoms with Gasteiger partial charge in [0.2, 0.25) is 0 Å². The second-order valence-electron chi connectivity index (χ2n) is 8.43. The van der Waals surface area contributed by atoms with Crippen molar-refractivity contribution < 1.29 is 19.5 Å². The van der Waals surface area contributed by atoms with Crippen LogP contribution >= 0.6 is 11.6 Å². The minimum Gasteiger partial charge on any atom is -0.478 e. The average Bonchev–Trinajstić information content (AvgIpc) is 3.32. The minimum absolute atomic E-state index is 0.0674. The maximum atomic E-state index is 13.8. The third-order valence-electron chi connectivity index (χ3n) is 6.59. The molecule has 1 fully saturated rings. The number of aromatic nitrogens is 1. The van der Waals surface area contributed by atoms with Crippen LogP contribution in [0.1, 0.15) is 33.2 Å². The highest BCUT2D eigenvalue weighted by atomic mass is 35.5. The smallest absolute Gasteiger partial charge is 0.337 e. The quantitative estimate of drug-likeness (QED) is 0.411. The molecule has 4 aromatic rings. The van der Waals surface area contributed by atoms with Crippen molar-refractivity contribution >= 4 is 46.1 Å². The molecule has 3 amide bonds. The summed E-state index contributed by atoms with van der Waals surface area (Å²) in [6.07, 6.45) is 0.326. The van der Waals surface area contributed by atoms with Gasteiger partial charge in [-0.25, -0.2) is 14.5 Å². The number of aromatic carboxylic acids is 1. The van der Waals surface area contributed by atoms with Crippen LogP contribution in [-0.4, -0.2) is 38.9 Å². The zero-order valence-corrected chi connectivity index (χ0v) is 18.5. The number of amides is 3. The fraction of sp³-hybridized carbons (Fsp3) is 0.115. The number of carbonyl (C=O) groups is 3. The number of aromatic amines is 1. The van der Waals surface area contributed by atoms with Gasteiger partial charge in [0, 0.05) is 28.0 Å². The summed E-state index contributed by atoms with van der Waals surface area (Å²) >= 11 is 6.30. The average molecular weight is 472 g/mol. The number of para-hydroxylation sites is 2. The van der Waals surface area contributed by atoms with Gasteiger partial charge in [0.15, 0.2) is 0 Å². The Morgan fingerprint density at radius 1 is 1.00 bits per heavy atom. The topological polar surface area (TPSA) is 93.7 Å². The maximum absolute atomic E-state index is 13.8. The predicted octanol–water partition coefficient (Wildman–Crippen LogP) is 5.00. The summed E-state index contributed by atoms with van der Waals surface area (Å²) in [7, 11) is 0. The number of carboxylic acid groups (broad SMARTS) is 1. The second kappa shape index (κ2) is 7.46. The van der Waals surface area contributed by atoms with E-state index in [0.29, 0.717) is 11.4 Å². The molecular formula is C26H18ClN3O4. The van der Waals surface area contributed by atoms with Crippen molar-refractivity contribution in [1.82, 2.24) is 9.88 Å². The zero-order valence-electron chi connectivity index (χ0n) is 17.7. The fourth-order valence-corrected chi connectivity index (χ4v) is 5.37. The third-order valence-corrected chi connectivity index (χ3v) is 6.82. The molecule has 0 saturated carbocycles. The van der Waals surface area contributed by atoms with Gasteiger partial charge in [-0.1, -0.05) is 54.1 Å². The van der Waals surface area contributed by atoms with Crippen LogP contribution in [0.25, 0.3) is 10.9 Å². The lowest BCUT2D eigenvalue weighted by Crippen LogP contribution is -2.44. The van der Waals surface area contributed by atoms with Crippen LogP contribution in [0.3, 0.4) is 0 Å². The number of urea groups is 1. The molecule has 34 heavy (non-hydrogen) atoms. The molecule has 0 radical (unpaired) electrons. The van der Waals surface area contributed by atoms with Gasteiger partial charge in [-0.15, -0.1) is 0 Å². The van der Waals surface area contributed by atoms with Crippen LogP contribution in [0, 0.1) is 0 Å². The first-order valence-electron chi connectivity index (χ1n) is 10.8. The van der Waals surface area contributed by atoms with Gasteiger partial charge in [0.05, 0.1) is 11.3 Å². The minimum atomic E-state index is -1.20. The van der Waals surface area contributed by atoms with Crippen LogP contribution in [0.2, 0.25) is 5.02 Å². The van der Waals surface area contributed by atoms with E-state index in [0.717, 1.165) is 32.6 Å². The van der Waals surface area contributed by atoms with Gasteiger partial charge in [0.1, 0.15) is 12.1 Å². The molecule has 168 valence electrons. The molecule has 1 saturated heterocycles. The third kappa shape index (κ3) is 2.87. The van der Waals surface area contributed by atoms with Crippen LogP contribution < -0.4 is 4.90 Å². The molecule has 0 unspecified atom stereocenters. The van der Waals surface area contributed by atoms with E-state index in [1.54, 1.807) is 29.2 Å². The molecule has 1 aromatic heterocycles. The first-order valence-corrected chi connectivity index (χ1v) is 11.2. The monoisotopic (exact) mass is 471 g/mol. The van der Waals surface area contributed by atoms with Crippen LogP contribution in [-0.2, 0) is 11.2 Å². The molecule has 0 bridgehead atoms. The number of benzene rings is 3. The van der Waals surface area contributed by atoms with Crippen LogP contribution in [0.5, 0.6) is 0 Å². The van der Waals surface area contributed by atoms with E-state index in [9.17, 15) is 19.5 Å². The summed E-state index contributed by atoms with van der Waals surface area (Å²) in [5, 5.41) is 11.2. The molecule has 2 aliphatic rings. The highest BCUT2D eigenvalue weighted by molar-refractivity contribution is 6.30. The summed E-state index contributed by atoms with van der Waals surface area (Å²) in [5.74, 6) is -1.65. The van der Waals surface area contributed by atoms with Crippen LogP contribution in [0.4, 0.5) is 10.5 Å². The summed E-state index contributed by atoms with van der Waals surface area (Å²) in [5.41, 5.74) is 3.45. The Kier molecular flexibility index (Phi) is 4.50. The lowest BCUT2D eigenvalue weighted by molar-refractivity contribution is -0.120. The van der Waals surface area contributed by atoms with E-state index in [-0.39, 0.29) is 11.3 Å². The van der Waals surface area contributed by atoms with Crippen molar-refractivity contribution in [3.05, 3.63) is 100 Å². The number of hydrogen-bond acceptors (Lipinski definition) is 3. The van der Waals surface area contributed by atoms with Crippen LogP contribution in [0.15, 0.2) is 72.8 Å². The lowest BCUT2D eigenvalue weighted by atomic mass is 9.89.